The Balaban J connectivity index is 1.43. The van der Waals surface area contributed by atoms with Gasteiger partial charge in [-0.3, -0.25) is 4.79 Å². The van der Waals surface area contributed by atoms with Crippen molar-refractivity contribution in [1.82, 2.24) is 9.47 Å². The summed E-state index contributed by atoms with van der Waals surface area (Å²) in [6.07, 6.45) is 5.24. The van der Waals surface area contributed by atoms with Crippen LogP contribution in [0.4, 0.5) is 0 Å². The molecule has 0 aliphatic carbocycles. The Morgan fingerprint density at radius 3 is 2.56 bits per heavy atom. The minimum atomic E-state index is 0.165. The second-order valence-electron chi connectivity index (χ2n) is 7.89. The molecular formula is C23H30N2O2. The Morgan fingerprint density at radius 1 is 0.963 bits per heavy atom. The molecule has 0 atom stereocenters. The first-order valence-corrected chi connectivity index (χ1v) is 10.4. The normalized spacial score (nSPS) is 18.8. The van der Waals surface area contributed by atoms with E-state index in [9.17, 15) is 4.79 Å². The van der Waals surface area contributed by atoms with Gasteiger partial charge in [0.1, 0.15) is 0 Å². The van der Waals surface area contributed by atoms with Gasteiger partial charge in [0.25, 0.3) is 5.56 Å². The smallest absolute Gasteiger partial charge is 0.250 e. The molecule has 0 bridgehead atoms. The van der Waals surface area contributed by atoms with Crippen molar-refractivity contribution in [3.05, 3.63) is 69.6 Å². The van der Waals surface area contributed by atoms with Crippen molar-refractivity contribution in [2.75, 3.05) is 32.8 Å². The lowest BCUT2D eigenvalue weighted by Crippen LogP contribution is -2.31. The first-order valence-electron chi connectivity index (χ1n) is 10.4. The maximum atomic E-state index is 12.6. The summed E-state index contributed by atoms with van der Waals surface area (Å²) >= 11 is 0. The fourth-order valence-electron chi connectivity index (χ4n) is 4.38. The summed E-state index contributed by atoms with van der Waals surface area (Å²) in [5.74, 6) is 0.570. The van der Waals surface area contributed by atoms with Gasteiger partial charge in [0, 0.05) is 57.6 Å². The predicted octanol–water partition coefficient (Wildman–Crippen LogP) is 2.92. The number of rotatable bonds is 5. The molecule has 4 heteroatoms. The Kier molecular flexibility index (Phi) is 6.05. The summed E-state index contributed by atoms with van der Waals surface area (Å²) < 4.78 is 7.56. The lowest BCUT2D eigenvalue weighted by molar-refractivity contribution is 0.0606. The van der Waals surface area contributed by atoms with E-state index in [0.29, 0.717) is 5.92 Å². The van der Waals surface area contributed by atoms with Gasteiger partial charge in [0.05, 0.1) is 0 Å². The van der Waals surface area contributed by atoms with Crippen molar-refractivity contribution in [1.29, 1.82) is 0 Å². The molecular weight excluding hydrogens is 336 g/mol. The fraction of sp³-hybridized carbons (Fsp3) is 0.522. The summed E-state index contributed by atoms with van der Waals surface area (Å²) in [6, 6.07) is 14.6. The lowest BCUT2D eigenvalue weighted by atomic mass is 9.99. The lowest BCUT2D eigenvalue weighted by Gasteiger charge is -2.25. The van der Waals surface area contributed by atoms with Crippen LogP contribution in [0.25, 0.3) is 0 Å². The molecule has 0 unspecified atom stereocenters. The quantitative estimate of drug-likeness (QED) is 0.816. The molecule has 2 aromatic rings. The number of pyridine rings is 1. The molecule has 2 aliphatic heterocycles. The molecule has 0 spiro atoms. The number of benzene rings is 1. The van der Waals surface area contributed by atoms with Crippen LogP contribution in [0.1, 0.15) is 29.7 Å². The van der Waals surface area contributed by atoms with E-state index in [0.717, 1.165) is 71.5 Å². The molecule has 3 heterocycles. The van der Waals surface area contributed by atoms with Gasteiger partial charge in [-0.05, 0) is 42.7 Å². The monoisotopic (exact) mass is 366 g/mol. The van der Waals surface area contributed by atoms with Crippen LogP contribution in [0.2, 0.25) is 0 Å². The van der Waals surface area contributed by atoms with E-state index >= 15 is 0 Å². The van der Waals surface area contributed by atoms with Gasteiger partial charge < -0.3 is 14.2 Å². The molecule has 1 saturated heterocycles. The largest absolute Gasteiger partial charge is 0.381 e. The van der Waals surface area contributed by atoms with Crippen LogP contribution in [0.5, 0.6) is 0 Å². The molecule has 144 valence electrons. The topological polar surface area (TPSA) is 34.5 Å². The van der Waals surface area contributed by atoms with E-state index in [4.69, 9.17) is 4.74 Å². The van der Waals surface area contributed by atoms with Crippen molar-refractivity contribution < 1.29 is 4.74 Å². The van der Waals surface area contributed by atoms with Crippen molar-refractivity contribution in [2.45, 2.75) is 38.6 Å². The van der Waals surface area contributed by atoms with E-state index in [1.807, 2.05) is 0 Å². The molecule has 1 aromatic heterocycles. The number of hydrogen-bond donors (Lipinski definition) is 0. The standard InChI is InChI=1S/C23H30N2O2/c26-23-7-6-21-9-14-24(13-8-19-4-2-1-3-5-19)15-10-22(21)25(23)18-20-11-16-27-17-12-20/h1-7,20H,8-18H2. The third-order valence-electron chi connectivity index (χ3n) is 6.09. The zero-order valence-corrected chi connectivity index (χ0v) is 16.1. The summed E-state index contributed by atoms with van der Waals surface area (Å²) in [5.41, 5.74) is 4.20. The number of hydrogen-bond acceptors (Lipinski definition) is 3. The summed E-state index contributed by atoms with van der Waals surface area (Å²) in [6.45, 7) is 5.73. The van der Waals surface area contributed by atoms with Crippen LogP contribution in [0, 0.1) is 5.92 Å². The van der Waals surface area contributed by atoms with Crippen molar-refractivity contribution in [2.24, 2.45) is 5.92 Å². The van der Waals surface area contributed by atoms with Crippen LogP contribution in [-0.4, -0.2) is 42.3 Å². The molecule has 0 amide bonds. The van der Waals surface area contributed by atoms with E-state index in [1.54, 1.807) is 6.07 Å². The van der Waals surface area contributed by atoms with Crippen LogP contribution < -0.4 is 5.56 Å². The second-order valence-corrected chi connectivity index (χ2v) is 7.89. The van der Waals surface area contributed by atoms with Crippen molar-refractivity contribution in [3.8, 4) is 0 Å². The van der Waals surface area contributed by atoms with Crippen LogP contribution in [-0.2, 0) is 30.5 Å². The number of aromatic nitrogens is 1. The predicted molar refractivity (Wildman–Crippen MR) is 108 cm³/mol. The number of ether oxygens (including phenoxy) is 1. The minimum absolute atomic E-state index is 0.165. The molecule has 1 fully saturated rings. The van der Waals surface area contributed by atoms with E-state index in [-0.39, 0.29) is 5.56 Å². The van der Waals surface area contributed by atoms with Gasteiger partial charge in [0.2, 0.25) is 0 Å². The van der Waals surface area contributed by atoms with Crippen molar-refractivity contribution in [3.63, 3.8) is 0 Å². The van der Waals surface area contributed by atoms with Gasteiger partial charge in [-0.15, -0.1) is 0 Å². The third kappa shape index (κ3) is 4.69. The van der Waals surface area contributed by atoms with E-state index in [1.165, 1.54) is 16.8 Å². The average molecular weight is 367 g/mol. The van der Waals surface area contributed by atoms with Gasteiger partial charge in [0.15, 0.2) is 0 Å². The maximum Gasteiger partial charge on any atom is 0.250 e. The van der Waals surface area contributed by atoms with Gasteiger partial charge in [-0.1, -0.05) is 36.4 Å². The molecule has 0 N–H and O–H groups in total. The second kappa shape index (κ2) is 8.85. The molecule has 27 heavy (non-hydrogen) atoms. The number of nitrogens with zero attached hydrogens (tertiary/aromatic N) is 2. The number of fused-ring (bicyclic) bond motifs is 1. The Morgan fingerprint density at radius 2 is 1.74 bits per heavy atom. The minimum Gasteiger partial charge on any atom is -0.381 e. The molecule has 4 nitrogen and oxygen atoms in total. The SMILES string of the molecule is O=c1ccc2c(n1CC1CCOCC1)CCN(CCc1ccccc1)CC2. The average Bonchev–Trinajstić information content (AvgIpc) is 2.93. The maximum absolute atomic E-state index is 12.6. The summed E-state index contributed by atoms with van der Waals surface area (Å²) in [4.78, 5) is 15.1. The highest BCUT2D eigenvalue weighted by molar-refractivity contribution is 5.24. The molecule has 4 rings (SSSR count). The Bertz CT molecular complexity index is 794. The molecule has 1 aromatic carbocycles. The van der Waals surface area contributed by atoms with Crippen molar-refractivity contribution >= 4 is 0 Å². The zero-order chi connectivity index (χ0) is 18.5. The highest BCUT2D eigenvalue weighted by Crippen LogP contribution is 2.20. The third-order valence-corrected chi connectivity index (χ3v) is 6.09. The Labute approximate surface area is 161 Å². The van der Waals surface area contributed by atoms with Gasteiger partial charge in [-0.2, -0.15) is 0 Å². The molecule has 2 aliphatic rings. The fourth-order valence-corrected chi connectivity index (χ4v) is 4.38. The van der Waals surface area contributed by atoms with Gasteiger partial charge >= 0.3 is 0 Å². The van der Waals surface area contributed by atoms with E-state index < -0.39 is 0 Å². The Hall–Kier alpha value is -1.91. The van der Waals surface area contributed by atoms with Crippen LogP contribution >= 0.6 is 0 Å². The first-order chi connectivity index (χ1) is 13.3. The van der Waals surface area contributed by atoms with E-state index in [2.05, 4.69) is 45.9 Å². The zero-order valence-electron chi connectivity index (χ0n) is 16.1. The van der Waals surface area contributed by atoms with Gasteiger partial charge in [-0.25, -0.2) is 0 Å². The summed E-state index contributed by atoms with van der Waals surface area (Å²) in [7, 11) is 0. The highest BCUT2D eigenvalue weighted by atomic mass is 16.5. The first kappa shape index (κ1) is 18.5. The molecule has 0 radical (unpaired) electrons. The highest BCUT2D eigenvalue weighted by Gasteiger charge is 2.20. The van der Waals surface area contributed by atoms with Crippen LogP contribution in [0.3, 0.4) is 0 Å². The van der Waals surface area contributed by atoms with Crippen LogP contribution in [0.15, 0.2) is 47.3 Å². The molecule has 0 saturated carbocycles. The summed E-state index contributed by atoms with van der Waals surface area (Å²) in [5, 5.41) is 0.